The number of anilines is 1. The molecule has 2 aromatic rings. The molecular formula is C14H15F2N3. The van der Waals surface area contributed by atoms with Crippen molar-refractivity contribution in [2.45, 2.75) is 31.6 Å². The maximum Gasteiger partial charge on any atom is 0.284 e. The molecule has 0 unspecified atom stereocenters. The third kappa shape index (κ3) is 2.09. The fraction of sp³-hybridized carbons (Fsp3) is 0.357. The van der Waals surface area contributed by atoms with E-state index in [0.717, 1.165) is 5.69 Å². The normalized spacial score (nSPS) is 16.8. The van der Waals surface area contributed by atoms with Gasteiger partial charge in [-0.15, -0.1) is 0 Å². The first-order chi connectivity index (χ1) is 8.99. The van der Waals surface area contributed by atoms with Gasteiger partial charge in [-0.1, -0.05) is 19.1 Å². The smallest absolute Gasteiger partial charge is 0.284 e. The number of hydrogen-bond donors (Lipinski definition) is 1. The minimum atomic E-state index is -2.65. The van der Waals surface area contributed by atoms with E-state index in [-0.39, 0.29) is 11.4 Å². The maximum atomic E-state index is 12.6. The standard InChI is InChI=1S/C14H15F2N3/c1-14(6-7-14)9-2-4-10(5-3-9)19-8-11(17)12(18-19)13(15)16/h2-5,8,13H,6-7,17H2,1H3. The second kappa shape index (κ2) is 4.05. The molecule has 1 saturated carbocycles. The molecule has 0 saturated heterocycles. The minimum Gasteiger partial charge on any atom is -0.396 e. The summed E-state index contributed by atoms with van der Waals surface area (Å²) in [5, 5.41) is 3.83. The van der Waals surface area contributed by atoms with Gasteiger partial charge in [0.2, 0.25) is 0 Å². The lowest BCUT2D eigenvalue weighted by molar-refractivity contribution is 0.146. The molecule has 0 aliphatic heterocycles. The largest absolute Gasteiger partial charge is 0.396 e. The van der Waals surface area contributed by atoms with Crippen LogP contribution in [-0.4, -0.2) is 9.78 Å². The molecular weight excluding hydrogens is 248 g/mol. The van der Waals surface area contributed by atoms with E-state index in [1.807, 2.05) is 24.3 Å². The number of nitrogen functional groups attached to an aromatic ring is 1. The minimum absolute atomic E-state index is 0.0215. The fourth-order valence-electron chi connectivity index (χ4n) is 2.20. The second-order valence-corrected chi connectivity index (χ2v) is 5.32. The van der Waals surface area contributed by atoms with Gasteiger partial charge < -0.3 is 5.73 Å². The Labute approximate surface area is 110 Å². The molecule has 3 nitrogen and oxygen atoms in total. The van der Waals surface area contributed by atoms with Crippen LogP contribution in [0.15, 0.2) is 30.5 Å². The number of nitrogens with zero attached hydrogens (tertiary/aromatic N) is 2. The average Bonchev–Trinajstić information content (AvgIpc) is 3.00. The summed E-state index contributed by atoms with van der Waals surface area (Å²) in [6, 6.07) is 7.84. The van der Waals surface area contributed by atoms with Gasteiger partial charge in [0.15, 0.2) is 5.69 Å². The first kappa shape index (κ1) is 12.1. The average molecular weight is 263 g/mol. The molecule has 1 fully saturated rings. The van der Waals surface area contributed by atoms with Crippen LogP contribution in [0.25, 0.3) is 5.69 Å². The van der Waals surface area contributed by atoms with Gasteiger partial charge in [-0.2, -0.15) is 5.10 Å². The summed E-state index contributed by atoms with van der Waals surface area (Å²) in [5.74, 6) is 0. The number of aromatic nitrogens is 2. The van der Waals surface area contributed by atoms with Gasteiger partial charge in [0.1, 0.15) is 0 Å². The quantitative estimate of drug-likeness (QED) is 0.921. The van der Waals surface area contributed by atoms with Gasteiger partial charge in [-0.25, -0.2) is 13.5 Å². The molecule has 1 aliphatic rings. The topological polar surface area (TPSA) is 43.8 Å². The van der Waals surface area contributed by atoms with Crippen LogP contribution in [0.3, 0.4) is 0 Å². The van der Waals surface area contributed by atoms with E-state index in [1.165, 1.54) is 29.3 Å². The number of benzene rings is 1. The molecule has 0 atom stereocenters. The van der Waals surface area contributed by atoms with Crippen molar-refractivity contribution in [1.82, 2.24) is 9.78 Å². The SMILES string of the molecule is CC1(c2ccc(-n3cc(N)c(C(F)F)n3)cc2)CC1. The molecule has 1 aromatic heterocycles. The van der Waals surface area contributed by atoms with Gasteiger partial charge >= 0.3 is 0 Å². The Morgan fingerprint density at radius 3 is 2.37 bits per heavy atom. The zero-order chi connectivity index (χ0) is 13.6. The van der Waals surface area contributed by atoms with E-state index in [9.17, 15) is 8.78 Å². The first-order valence-corrected chi connectivity index (χ1v) is 6.24. The van der Waals surface area contributed by atoms with Crippen molar-refractivity contribution in [3.05, 3.63) is 41.7 Å². The molecule has 3 rings (SSSR count). The zero-order valence-corrected chi connectivity index (χ0v) is 10.6. The fourth-order valence-corrected chi connectivity index (χ4v) is 2.20. The highest BCUT2D eigenvalue weighted by molar-refractivity contribution is 5.46. The lowest BCUT2D eigenvalue weighted by atomic mass is 9.98. The van der Waals surface area contributed by atoms with E-state index in [2.05, 4.69) is 12.0 Å². The number of hydrogen-bond acceptors (Lipinski definition) is 2. The highest BCUT2D eigenvalue weighted by atomic mass is 19.3. The van der Waals surface area contributed by atoms with E-state index in [0.29, 0.717) is 5.41 Å². The van der Waals surface area contributed by atoms with Crippen LogP contribution in [0.5, 0.6) is 0 Å². The van der Waals surface area contributed by atoms with E-state index in [1.54, 1.807) is 0 Å². The summed E-state index contributed by atoms with van der Waals surface area (Å²) in [6.07, 6.45) is 1.19. The summed E-state index contributed by atoms with van der Waals surface area (Å²) < 4.78 is 26.7. The lowest BCUT2D eigenvalue weighted by Gasteiger charge is -2.09. The van der Waals surface area contributed by atoms with Gasteiger partial charge in [0.05, 0.1) is 17.6 Å². The summed E-state index contributed by atoms with van der Waals surface area (Å²) in [6.45, 7) is 2.23. The molecule has 5 heteroatoms. The second-order valence-electron chi connectivity index (χ2n) is 5.32. The highest BCUT2D eigenvalue weighted by Crippen LogP contribution is 2.47. The number of rotatable bonds is 3. The molecule has 0 bridgehead atoms. The van der Waals surface area contributed by atoms with Crippen molar-refractivity contribution in [2.75, 3.05) is 5.73 Å². The molecule has 0 radical (unpaired) electrons. The maximum absolute atomic E-state index is 12.6. The van der Waals surface area contributed by atoms with E-state index in [4.69, 9.17) is 5.73 Å². The Kier molecular flexibility index (Phi) is 2.59. The van der Waals surface area contributed by atoms with Crippen molar-refractivity contribution in [3.8, 4) is 5.69 Å². The molecule has 0 amide bonds. The van der Waals surface area contributed by atoms with Crippen molar-refractivity contribution in [2.24, 2.45) is 0 Å². The van der Waals surface area contributed by atoms with E-state index >= 15 is 0 Å². The van der Waals surface area contributed by atoms with Crippen LogP contribution in [0.4, 0.5) is 14.5 Å². The first-order valence-electron chi connectivity index (χ1n) is 6.24. The molecule has 19 heavy (non-hydrogen) atoms. The van der Waals surface area contributed by atoms with Crippen LogP contribution in [0, 0.1) is 0 Å². The highest BCUT2D eigenvalue weighted by Gasteiger charge is 2.38. The van der Waals surface area contributed by atoms with Crippen LogP contribution in [0.1, 0.15) is 37.4 Å². The van der Waals surface area contributed by atoms with Gasteiger partial charge in [-0.3, -0.25) is 0 Å². The van der Waals surface area contributed by atoms with Crippen molar-refractivity contribution in [1.29, 1.82) is 0 Å². The Bertz CT molecular complexity index is 598. The lowest BCUT2D eigenvalue weighted by Crippen LogP contribution is -2.01. The van der Waals surface area contributed by atoms with Crippen LogP contribution < -0.4 is 5.73 Å². The van der Waals surface area contributed by atoms with Crippen LogP contribution >= 0.6 is 0 Å². The van der Waals surface area contributed by atoms with Crippen LogP contribution in [0.2, 0.25) is 0 Å². The van der Waals surface area contributed by atoms with Crippen LogP contribution in [-0.2, 0) is 5.41 Å². The number of halogens is 2. The molecule has 1 aromatic carbocycles. The summed E-state index contributed by atoms with van der Waals surface area (Å²) in [5.41, 5.74) is 7.51. The zero-order valence-electron chi connectivity index (χ0n) is 10.6. The van der Waals surface area contributed by atoms with Crippen molar-refractivity contribution in [3.63, 3.8) is 0 Å². The molecule has 1 heterocycles. The Morgan fingerprint density at radius 1 is 1.26 bits per heavy atom. The third-order valence-corrected chi connectivity index (χ3v) is 3.81. The monoisotopic (exact) mass is 263 g/mol. The number of alkyl halides is 2. The van der Waals surface area contributed by atoms with Gasteiger partial charge in [-0.05, 0) is 36.0 Å². The molecule has 0 spiro atoms. The number of nitrogens with two attached hydrogens (primary N) is 1. The van der Waals surface area contributed by atoms with E-state index < -0.39 is 6.43 Å². The van der Waals surface area contributed by atoms with Gasteiger partial charge in [0.25, 0.3) is 6.43 Å². The predicted octanol–water partition coefficient (Wildman–Crippen LogP) is 3.44. The predicted molar refractivity (Wildman–Crippen MR) is 69.5 cm³/mol. The van der Waals surface area contributed by atoms with Gasteiger partial charge in [0, 0.05) is 0 Å². The summed E-state index contributed by atoms with van der Waals surface area (Å²) >= 11 is 0. The van der Waals surface area contributed by atoms with Crippen molar-refractivity contribution >= 4 is 5.69 Å². The summed E-state index contributed by atoms with van der Waals surface area (Å²) in [7, 11) is 0. The Balaban J connectivity index is 1.92. The molecule has 100 valence electrons. The third-order valence-electron chi connectivity index (χ3n) is 3.81. The molecule has 1 aliphatic carbocycles. The molecule has 2 N–H and O–H groups in total. The Morgan fingerprint density at radius 2 is 1.89 bits per heavy atom. The summed E-state index contributed by atoms with van der Waals surface area (Å²) in [4.78, 5) is 0. The van der Waals surface area contributed by atoms with Crippen molar-refractivity contribution < 1.29 is 8.78 Å². The Hall–Kier alpha value is -1.91.